The van der Waals surface area contributed by atoms with Crippen molar-refractivity contribution in [1.82, 2.24) is 4.72 Å². The molecule has 1 fully saturated rings. The Kier molecular flexibility index (Phi) is 10.6. The van der Waals surface area contributed by atoms with Crippen LogP contribution in [0.2, 0.25) is 0 Å². The van der Waals surface area contributed by atoms with Gasteiger partial charge in [0.1, 0.15) is 19.3 Å². The lowest BCUT2D eigenvalue weighted by atomic mass is 9.99. The van der Waals surface area contributed by atoms with E-state index in [0.29, 0.717) is 0 Å². The number of hydrogen-bond donors (Lipinski definition) is 1. The topological polar surface area (TPSA) is 153 Å². The highest BCUT2D eigenvalue weighted by Gasteiger charge is 2.52. The molecule has 0 bridgehead atoms. The van der Waals surface area contributed by atoms with Gasteiger partial charge in [0, 0.05) is 27.7 Å². The molecule has 12 nitrogen and oxygen atoms in total. The number of hydrogen-bond acceptors (Lipinski definition) is 13. The van der Waals surface area contributed by atoms with Crippen LogP contribution in [0.25, 0.3) is 0 Å². The summed E-state index contributed by atoms with van der Waals surface area (Å²) in [6.07, 6.45) is -4.75. The molecule has 0 spiro atoms. The van der Waals surface area contributed by atoms with Crippen LogP contribution in [-0.2, 0) is 52.4 Å². The molecule has 170 valence electrons. The van der Waals surface area contributed by atoms with E-state index in [9.17, 15) is 24.0 Å². The zero-order chi connectivity index (χ0) is 22.8. The highest BCUT2D eigenvalue weighted by Crippen LogP contribution is 2.33. The van der Waals surface area contributed by atoms with Gasteiger partial charge in [0.2, 0.25) is 0 Å². The van der Waals surface area contributed by atoms with E-state index in [1.165, 1.54) is 14.0 Å². The highest BCUT2D eigenvalue weighted by molar-refractivity contribution is 7.97. The molecular weight excluding hydrogens is 426 g/mol. The molecule has 1 aliphatic rings. The van der Waals surface area contributed by atoms with Crippen molar-refractivity contribution in [3.63, 3.8) is 0 Å². The van der Waals surface area contributed by atoms with E-state index in [1.54, 1.807) is 0 Å². The fraction of sp³-hybridized carbons (Fsp3) is 0.706. The quantitative estimate of drug-likeness (QED) is 0.272. The van der Waals surface area contributed by atoms with Crippen molar-refractivity contribution in [3.8, 4) is 0 Å². The van der Waals surface area contributed by atoms with E-state index >= 15 is 0 Å². The summed E-state index contributed by atoms with van der Waals surface area (Å²) < 4.78 is 33.8. The number of rotatable bonds is 9. The summed E-state index contributed by atoms with van der Waals surface area (Å²) in [6.45, 7) is 4.05. The summed E-state index contributed by atoms with van der Waals surface area (Å²) in [5.74, 6) is -3.33. The summed E-state index contributed by atoms with van der Waals surface area (Å²) in [6, 6.07) is 0. The predicted octanol–water partition coefficient (Wildman–Crippen LogP) is -0.520. The second kappa shape index (κ2) is 12.3. The Balaban J connectivity index is 3.20. The lowest BCUT2D eigenvalue weighted by Crippen LogP contribution is -2.62. The van der Waals surface area contributed by atoms with Crippen LogP contribution in [0.4, 0.5) is 0 Å². The zero-order valence-electron chi connectivity index (χ0n) is 17.2. The number of ether oxygens (including phenoxy) is 6. The lowest BCUT2D eigenvalue weighted by molar-refractivity contribution is -0.237. The van der Waals surface area contributed by atoms with E-state index in [-0.39, 0.29) is 13.2 Å². The summed E-state index contributed by atoms with van der Waals surface area (Å²) >= 11 is 0.858. The molecule has 0 aromatic rings. The van der Waals surface area contributed by atoms with Crippen molar-refractivity contribution < 1.29 is 52.4 Å². The summed E-state index contributed by atoms with van der Waals surface area (Å²) in [7, 11) is 1.21. The van der Waals surface area contributed by atoms with Gasteiger partial charge in [-0.15, -0.1) is 0 Å². The molecule has 1 heterocycles. The Bertz CT molecular complexity index is 656. The Morgan fingerprint density at radius 2 is 1.37 bits per heavy atom. The van der Waals surface area contributed by atoms with E-state index in [0.717, 1.165) is 32.7 Å². The molecule has 0 unspecified atom stereocenters. The van der Waals surface area contributed by atoms with Crippen LogP contribution in [0, 0.1) is 0 Å². The average molecular weight is 451 g/mol. The van der Waals surface area contributed by atoms with Gasteiger partial charge >= 0.3 is 29.8 Å². The van der Waals surface area contributed by atoms with Gasteiger partial charge in [-0.1, -0.05) is 0 Å². The number of carbonyl (C=O) groups excluding carboxylic acids is 5. The van der Waals surface area contributed by atoms with Crippen molar-refractivity contribution in [2.45, 2.75) is 57.5 Å². The monoisotopic (exact) mass is 451 g/mol. The first-order valence-electron chi connectivity index (χ1n) is 8.81. The van der Waals surface area contributed by atoms with E-state index in [2.05, 4.69) is 9.46 Å². The van der Waals surface area contributed by atoms with Gasteiger partial charge in [0.15, 0.2) is 23.7 Å². The maximum absolute atomic E-state index is 11.7. The van der Waals surface area contributed by atoms with E-state index in [1.807, 2.05) is 0 Å². The van der Waals surface area contributed by atoms with E-state index in [4.69, 9.17) is 23.7 Å². The van der Waals surface area contributed by atoms with Gasteiger partial charge in [-0.2, -0.15) is 0 Å². The highest BCUT2D eigenvalue weighted by atomic mass is 32.2. The van der Waals surface area contributed by atoms with Gasteiger partial charge in [0.05, 0.1) is 7.11 Å². The molecule has 0 amide bonds. The number of methoxy groups -OCH3 is 1. The molecule has 1 rings (SSSR count). The van der Waals surface area contributed by atoms with Crippen molar-refractivity contribution in [3.05, 3.63) is 0 Å². The Morgan fingerprint density at radius 1 is 0.833 bits per heavy atom. The van der Waals surface area contributed by atoms with Gasteiger partial charge in [-0.25, -0.2) is 0 Å². The Labute approximate surface area is 177 Å². The first kappa shape index (κ1) is 25.7. The van der Waals surface area contributed by atoms with Crippen LogP contribution in [0.5, 0.6) is 0 Å². The smallest absolute Gasteiger partial charge is 0.320 e. The molecule has 5 atom stereocenters. The maximum Gasteiger partial charge on any atom is 0.320 e. The summed E-state index contributed by atoms with van der Waals surface area (Å²) in [5, 5.41) is 0. The van der Waals surface area contributed by atoms with Crippen molar-refractivity contribution >= 4 is 41.8 Å². The van der Waals surface area contributed by atoms with Crippen LogP contribution in [0.15, 0.2) is 0 Å². The molecule has 1 aliphatic heterocycles. The van der Waals surface area contributed by atoms with Crippen LogP contribution in [0.3, 0.4) is 0 Å². The SMILES string of the molecule is COC(=O)CNS[C@@H]1O[C@H](COC(C)=O)[C@@H](OC(C)=O)[C@H](OC(C)=O)[C@H]1OC(C)=O. The normalized spacial score (nSPS) is 25.6. The lowest BCUT2D eigenvalue weighted by Gasteiger charge is -2.44. The first-order chi connectivity index (χ1) is 14.0. The number of esters is 5. The standard InChI is InChI=1S/C17H25NO11S/c1-8(19)25-7-12-14(26-9(2)20)15(27-10(3)21)16(28-11(4)22)17(29-12)30-18-6-13(23)24-5/h12,14-18H,6-7H2,1-5H3/t12-,14-,15+,16-,17+/m1/s1. The van der Waals surface area contributed by atoms with Gasteiger partial charge in [-0.3, -0.25) is 28.7 Å². The summed E-state index contributed by atoms with van der Waals surface area (Å²) in [4.78, 5) is 57.5. The van der Waals surface area contributed by atoms with Crippen LogP contribution >= 0.6 is 11.9 Å². The fourth-order valence-electron chi connectivity index (χ4n) is 2.54. The second-order valence-corrected chi connectivity index (χ2v) is 7.07. The van der Waals surface area contributed by atoms with Gasteiger partial charge in [-0.05, 0) is 11.9 Å². The van der Waals surface area contributed by atoms with E-state index < -0.39 is 59.7 Å². The number of nitrogens with one attached hydrogen (secondary N) is 1. The van der Waals surface area contributed by atoms with Crippen molar-refractivity contribution in [1.29, 1.82) is 0 Å². The third kappa shape index (κ3) is 8.55. The third-order valence-corrected chi connectivity index (χ3v) is 4.51. The summed E-state index contributed by atoms with van der Waals surface area (Å²) in [5.41, 5.74) is -1.02. The minimum absolute atomic E-state index is 0.200. The number of carbonyl (C=O) groups is 5. The van der Waals surface area contributed by atoms with Crippen LogP contribution in [-0.4, -0.2) is 80.0 Å². The average Bonchev–Trinajstić information content (AvgIpc) is 2.63. The Hall–Kier alpha value is -2.38. The molecule has 13 heteroatoms. The predicted molar refractivity (Wildman–Crippen MR) is 99.6 cm³/mol. The molecule has 0 aliphatic carbocycles. The largest absolute Gasteiger partial charge is 0.468 e. The Morgan fingerprint density at radius 3 is 1.87 bits per heavy atom. The maximum atomic E-state index is 11.7. The fourth-order valence-corrected chi connectivity index (χ4v) is 3.45. The molecule has 1 N–H and O–H groups in total. The molecule has 30 heavy (non-hydrogen) atoms. The first-order valence-corrected chi connectivity index (χ1v) is 9.68. The van der Waals surface area contributed by atoms with Gasteiger partial charge in [0.25, 0.3) is 0 Å². The molecular formula is C17H25NO11S. The second-order valence-electron chi connectivity index (χ2n) is 6.08. The molecule has 0 saturated carbocycles. The van der Waals surface area contributed by atoms with Crippen molar-refractivity contribution in [2.24, 2.45) is 0 Å². The van der Waals surface area contributed by atoms with Crippen molar-refractivity contribution in [2.75, 3.05) is 20.3 Å². The molecule has 0 radical (unpaired) electrons. The van der Waals surface area contributed by atoms with Crippen LogP contribution < -0.4 is 4.72 Å². The molecule has 1 saturated heterocycles. The third-order valence-electron chi connectivity index (χ3n) is 3.59. The zero-order valence-corrected chi connectivity index (χ0v) is 18.0. The van der Waals surface area contributed by atoms with Gasteiger partial charge < -0.3 is 28.4 Å². The molecule has 0 aromatic carbocycles. The molecule has 0 aromatic heterocycles. The minimum Gasteiger partial charge on any atom is -0.468 e. The van der Waals surface area contributed by atoms with Crippen LogP contribution in [0.1, 0.15) is 27.7 Å². The minimum atomic E-state index is -1.26.